The second-order valence-corrected chi connectivity index (χ2v) is 3.37. The molecule has 2 nitrogen and oxygen atoms in total. The molecule has 1 unspecified atom stereocenters. The van der Waals surface area contributed by atoms with Gasteiger partial charge in [-0.05, 0) is 11.6 Å². The highest BCUT2D eigenvalue weighted by atomic mass is 35.5. The van der Waals surface area contributed by atoms with Gasteiger partial charge in [0.2, 0.25) is 0 Å². The normalized spacial score (nSPS) is 20.3. The maximum atomic E-state index is 9.02. The second-order valence-electron chi connectivity index (χ2n) is 2.96. The van der Waals surface area contributed by atoms with E-state index in [4.69, 9.17) is 16.7 Å². The summed E-state index contributed by atoms with van der Waals surface area (Å²) in [4.78, 5) is 0. The summed E-state index contributed by atoms with van der Waals surface area (Å²) < 4.78 is 0. The average Bonchev–Trinajstić information content (AvgIpc) is 2.49. The van der Waals surface area contributed by atoms with E-state index in [0.717, 1.165) is 22.8 Å². The van der Waals surface area contributed by atoms with Gasteiger partial charge in [-0.15, -0.1) is 0 Å². The summed E-state index contributed by atoms with van der Waals surface area (Å²) in [6, 6.07) is 5.77. The Morgan fingerprint density at radius 3 is 3.17 bits per heavy atom. The van der Waals surface area contributed by atoms with Crippen molar-refractivity contribution < 1.29 is 5.11 Å². The summed E-state index contributed by atoms with van der Waals surface area (Å²) in [6.45, 7) is 0.968. The lowest BCUT2D eigenvalue weighted by Gasteiger charge is -2.04. The molecule has 2 rings (SSSR count). The van der Waals surface area contributed by atoms with Crippen LogP contribution in [0.5, 0.6) is 0 Å². The van der Waals surface area contributed by atoms with Crippen molar-refractivity contribution in [3.63, 3.8) is 0 Å². The summed E-state index contributed by atoms with van der Waals surface area (Å²) in [5.41, 5.74) is 2.11. The molecule has 1 heterocycles. The molecular formula is C9H10ClNO. The van der Waals surface area contributed by atoms with Crippen LogP contribution in [0.25, 0.3) is 0 Å². The minimum absolute atomic E-state index is 0.181. The molecule has 0 radical (unpaired) electrons. The number of para-hydroxylation sites is 1. The van der Waals surface area contributed by atoms with Gasteiger partial charge in [0.25, 0.3) is 0 Å². The van der Waals surface area contributed by atoms with E-state index in [0.29, 0.717) is 0 Å². The van der Waals surface area contributed by atoms with Crippen molar-refractivity contribution >= 4 is 17.3 Å². The number of hydrogen-bond donors (Lipinski definition) is 2. The summed E-state index contributed by atoms with van der Waals surface area (Å²) in [5, 5.41) is 12.9. The Kier molecular flexibility index (Phi) is 1.95. The first kappa shape index (κ1) is 7.90. The minimum Gasteiger partial charge on any atom is -0.396 e. The van der Waals surface area contributed by atoms with E-state index >= 15 is 0 Å². The number of aliphatic hydroxyl groups excluding tert-OH is 1. The molecule has 1 atom stereocenters. The number of aliphatic hydroxyl groups is 1. The van der Waals surface area contributed by atoms with Gasteiger partial charge in [-0.2, -0.15) is 0 Å². The van der Waals surface area contributed by atoms with Crippen LogP contribution in [0.15, 0.2) is 18.2 Å². The van der Waals surface area contributed by atoms with E-state index in [1.807, 2.05) is 18.2 Å². The number of nitrogens with one attached hydrogen (secondary N) is 1. The van der Waals surface area contributed by atoms with E-state index in [1.165, 1.54) is 0 Å². The van der Waals surface area contributed by atoms with Crippen LogP contribution in [-0.2, 0) is 0 Å². The molecule has 0 saturated heterocycles. The molecule has 1 aliphatic heterocycles. The van der Waals surface area contributed by atoms with Crippen molar-refractivity contribution in [2.45, 2.75) is 5.92 Å². The molecule has 1 aromatic carbocycles. The fourth-order valence-electron chi connectivity index (χ4n) is 1.57. The van der Waals surface area contributed by atoms with Gasteiger partial charge >= 0.3 is 0 Å². The lowest BCUT2D eigenvalue weighted by atomic mass is 10.0. The molecule has 0 saturated carbocycles. The third-order valence-corrected chi connectivity index (χ3v) is 2.55. The molecule has 0 fully saturated rings. The molecule has 1 aliphatic rings. The maximum Gasteiger partial charge on any atom is 0.0640 e. The van der Waals surface area contributed by atoms with Crippen molar-refractivity contribution in [1.82, 2.24) is 0 Å². The fraction of sp³-hybridized carbons (Fsp3) is 0.333. The first-order valence-electron chi connectivity index (χ1n) is 3.96. The van der Waals surface area contributed by atoms with Gasteiger partial charge in [0.05, 0.1) is 17.3 Å². The number of anilines is 1. The number of fused-ring (bicyclic) bond motifs is 1. The lowest BCUT2D eigenvalue weighted by Crippen LogP contribution is -2.05. The van der Waals surface area contributed by atoms with E-state index in [9.17, 15) is 0 Å². The third kappa shape index (κ3) is 1.08. The van der Waals surface area contributed by atoms with Crippen LogP contribution in [0.4, 0.5) is 5.69 Å². The average molecular weight is 184 g/mol. The van der Waals surface area contributed by atoms with Gasteiger partial charge < -0.3 is 10.4 Å². The van der Waals surface area contributed by atoms with Crippen LogP contribution < -0.4 is 5.32 Å². The van der Waals surface area contributed by atoms with Crippen LogP contribution >= 0.6 is 11.6 Å². The monoisotopic (exact) mass is 183 g/mol. The van der Waals surface area contributed by atoms with Crippen LogP contribution in [0.1, 0.15) is 11.5 Å². The predicted molar refractivity (Wildman–Crippen MR) is 49.8 cm³/mol. The van der Waals surface area contributed by atoms with Crippen molar-refractivity contribution in [2.24, 2.45) is 0 Å². The largest absolute Gasteiger partial charge is 0.396 e. The van der Waals surface area contributed by atoms with Crippen molar-refractivity contribution in [2.75, 3.05) is 18.5 Å². The third-order valence-electron chi connectivity index (χ3n) is 2.23. The highest BCUT2D eigenvalue weighted by Gasteiger charge is 2.22. The molecule has 12 heavy (non-hydrogen) atoms. The van der Waals surface area contributed by atoms with E-state index < -0.39 is 0 Å². The Hall–Kier alpha value is -0.730. The summed E-state index contributed by atoms with van der Waals surface area (Å²) in [7, 11) is 0. The smallest absolute Gasteiger partial charge is 0.0640 e. The van der Waals surface area contributed by atoms with Gasteiger partial charge in [-0.1, -0.05) is 23.7 Å². The quantitative estimate of drug-likeness (QED) is 0.697. The van der Waals surface area contributed by atoms with Gasteiger partial charge in [-0.25, -0.2) is 0 Å². The molecule has 0 amide bonds. The Morgan fingerprint density at radius 1 is 1.58 bits per heavy atom. The molecule has 64 valence electrons. The first-order valence-corrected chi connectivity index (χ1v) is 4.34. The van der Waals surface area contributed by atoms with E-state index in [-0.39, 0.29) is 12.5 Å². The maximum absolute atomic E-state index is 9.02. The zero-order valence-electron chi connectivity index (χ0n) is 6.55. The second kappa shape index (κ2) is 2.96. The Balaban J connectivity index is 2.46. The van der Waals surface area contributed by atoms with Crippen LogP contribution in [0, 0.1) is 0 Å². The van der Waals surface area contributed by atoms with Crippen LogP contribution in [-0.4, -0.2) is 18.3 Å². The molecule has 3 heteroatoms. The Morgan fingerprint density at radius 2 is 2.42 bits per heavy atom. The summed E-state index contributed by atoms with van der Waals surface area (Å²) >= 11 is 5.95. The highest BCUT2D eigenvalue weighted by molar-refractivity contribution is 6.33. The molecular weight excluding hydrogens is 174 g/mol. The lowest BCUT2D eigenvalue weighted by molar-refractivity contribution is 0.273. The number of hydrogen-bond acceptors (Lipinski definition) is 2. The van der Waals surface area contributed by atoms with Crippen molar-refractivity contribution in [1.29, 1.82) is 0 Å². The molecule has 0 spiro atoms. The number of halogens is 1. The van der Waals surface area contributed by atoms with E-state index in [2.05, 4.69) is 5.32 Å². The molecule has 0 aliphatic carbocycles. The molecule has 0 aromatic heterocycles. The van der Waals surface area contributed by atoms with Gasteiger partial charge in [-0.3, -0.25) is 0 Å². The van der Waals surface area contributed by atoms with Crippen LogP contribution in [0.2, 0.25) is 5.02 Å². The van der Waals surface area contributed by atoms with Crippen molar-refractivity contribution in [3.05, 3.63) is 28.8 Å². The molecule has 2 N–H and O–H groups in total. The van der Waals surface area contributed by atoms with Gasteiger partial charge in [0.15, 0.2) is 0 Å². The highest BCUT2D eigenvalue weighted by Crippen LogP contribution is 2.36. The molecule has 1 aromatic rings. The van der Waals surface area contributed by atoms with Gasteiger partial charge in [0.1, 0.15) is 0 Å². The van der Waals surface area contributed by atoms with E-state index in [1.54, 1.807) is 0 Å². The number of benzene rings is 1. The van der Waals surface area contributed by atoms with Crippen molar-refractivity contribution in [3.8, 4) is 0 Å². The zero-order valence-corrected chi connectivity index (χ0v) is 7.30. The summed E-state index contributed by atoms with van der Waals surface area (Å²) in [5.74, 6) is 0.207. The van der Waals surface area contributed by atoms with Crippen LogP contribution in [0.3, 0.4) is 0 Å². The minimum atomic E-state index is 0.181. The fourth-order valence-corrected chi connectivity index (χ4v) is 1.81. The Labute approximate surface area is 76.2 Å². The molecule has 0 bridgehead atoms. The van der Waals surface area contributed by atoms with Gasteiger partial charge in [0, 0.05) is 12.5 Å². The zero-order chi connectivity index (χ0) is 8.55. The number of rotatable bonds is 1. The topological polar surface area (TPSA) is 32.3 Å². The SMILES string of the molecule is OCC1CNc2c(Cl)cccc21. The predicted octanol–water partition coefficient (Wildman–Crippen LogP) is 1.84. The summed E-state index contributed by atoms with van der Waals surface area (Å²) in [6.07, 6.45) is 0. The first-order chi connectivity index (χ1) is 5.83. The Bertz CT molecular complexity index is 301. The standard InChI is InChI=1S/C9H10ClNO/c10-8-3-1-2-7-6(5-12)4-11-9(7)8/h1-3,6,11-12H,4-5H2.